The number of likely N-dealkylation sites (N-methyl/N-ethyl adjacent to an activating group) is 2. The number of esters is 2. The smallest absolute Gasteiger partial charge is 0.329 e. The molecule has 4 rings (SSSR count). The van der Waals surface area contributed by atoms with Gasteiger partial charge in [-0.1, -0.05) is 73.9 Å². The number of Topliss-reactive ketones (excluding diaryl/α,β-unsaturated/α-hetero) is 2. The van der Waals surface area contributed by atoms with E-state index in [4.69, 9.17) is 14.2 Å². The lowest BCUT2D eigenvalue weighted by Gasteiger charge is -2.43. The van der Waals surface area contributed by atoms with Crippen LogP contribution in [0.15, 0.2) is 24.3 Å². The Morgan fingerprint density at radius 2 is 1.45 bits per heavy atom. The van der Waals surface area contributed by atoms with Gasteiger partial charge in [-0.3, -0.25) is 47.9 Å². The molecule has 1 aromatic carbocycles. The summed E-state index contributed by atoms with van der Waals surface area (Å²) in [6.45, 7) is 21.6. The summed E-state index contributed by atoms with van der Waals surface area (Å²) in [5, 5.41) is 17.6. The Labute approximate surface area is 484 Å². The second-order valence-corrected chi connectivity index (χ2v) is 24.1. The molecule has 3 aliphatic heterocycles. The van der Waals surface area contributed by atoms with E-state index >= 15 is 19.2 Å². The number of ketones is 2. The lowest BCUT2D eigenvalue weighted by atomic mass is 9.91. The molecule has 0 radical (unpaired) electrons. The molecular weight excluding hydrogens is 1060 g/mol. The van der Waals surface area contributed by atoms with Crippen LogP contribution >= 0.6 is 0 Å². The molecule has 3 N–H and O–H groups in total. The van der Waals surface area contributed by atoms with Crippen molar-refractivity contribution < 1.29 is 72.1 Å². The van der Waals surface area contributed by atoms with Gasteiger partial charge in [0.2, 0.25) is 41.2 Å². The number of cyclic esters (lactones) is 2. The van der Waals surface area contributed by atoms with Crippen LogP contribution in [-0.4, -0.2) is 195 Å². The van der Waals surface area contributed by atoms with Crippen molar-refractivity contribution in [1.82, 2.24) is 35.1 Å². The topological polar surface area (TPSA) is 276 Å². The Kier molecular flexibility index (Phi) is 25.1. The quantitative estimate of drug-likeness (QED) is 0.121. The number of rotatable bonds is 16. The minimum atomic E-state index is -1.73. The minimum Gasteiger partial charge on any atom is -0.497 e. The Morgan fingerprint density at radius 3 is 2.00 bits per heavy atom. The van der Waals surface area contributed by atoms with E-state index in [1.54, 1.807) is 65.8 Å². The molecule has 0 saturated carbocycles. The van der Waals surface area contributed by atoms with Crippen molar-refractivity contribution in [2.75, 3.05) is 34.3 Å². The van der Waals surface area contributed by atoms with Gasteiger partial charge in [-0.25, -0.2) is 4.79 Å². The molecule has 1 aromatic rings. The van der Waals surface area contributed by atoms with Crippen LogP contribution in [0.5, 0.6) is 5.75 Å². The number of aliphatic hydroxyl groups is 1. The number of amides is 7. The van der Waals surface area contributed by atoms with Crippen molar-refractivity contribution in [3.8, 4) is 5.75 Å². The number of carbonyl (C=O) groups excluding carboxylic acids is 11. The highest BCUT2D eigenvalue weighted by Crippen LogP contribution is 2.29. The van der Waals surface area contributed by atoms with Gasteiger partial charge in [0.05, 0.1) is 31.6 Å². The third kappa shape index (κ3) is 16.9. The normalized spacial score (nSPS) is 26.7. The number of ether oxygens (including phenoxy) is 3. The van der Waals surface area contributed by atoms with Crippen molar-refractivity contribution in [3.05, 3.63) is 29.8 Å². The number of nitrogens with zero attached hydrogens (tertiary/aromatic N) is 5. The number of carbonyl (C=O) groups is 11. The first kappa shape index (κ1) is 68.1. The van der Waals surface area contributed by atoms with Crippen LogP contribution in [0.1, 0.15) is 147 Å². The van der Waals surface area contributed by atoms with Crippen molar-refractivity contribution in [1.29, 1.82) is 0 Å². The zero-order valence-corrected chi connectivity index (χ0v) is 51.2. The molecule has 0 aliphatic carbocycles. The summed E-state index contributed by atoms with van der Waals surface area (Å²) < 4.78 is 17.5. The fourth-order valence-corrected chi connectivity index (χ4v) is 11.2. The average Bonchev–Trinajstić information content (AvgIpc) is 4.22. The van der Waals surface area contributed by atoms with Crippen LogP contribution in [0.3, 0.4) is 0 Å². The van der Waals surface area contributed by atoms with Crippen LogP contribution < -0.4 is 15.4 Å². The Morgan fingerprint density at radius 1 is 0.829 bits per heavy atom. The summed E-state index contributed by atoms with van der Waals surface area (Å²) in [7, 11) is 4.32. The zero-order chi connectivity index (χ0) is 61.8. The van der Waals surface area contributed by atoms with Gasteiger partial charge < -0.3 is 54.5 Å². The maximum Gasteiger partial charge on any atom is 0.329 e. The van der Waals surface area contributed by atoms with Gasteiger partial charge in [0.15, 0.2) is 11.9 Å². The van der Waals surface area contributed by atoms with Crippen LogP contribution in [0.4, 0.5) is 0 Å². The van der Waals surface area contributed by atoms with Gasteiger partial charge in [-0.15, -0.1) is 0 Å². The molecule has 3 fully saturated rings. The van der Waals surface area contributed by atoms with Gasteiger partial charge >= 0.3 is 11.9 Å². The molecule has 0 unspecified atom stereocenters. The van der Waals surface area contributed by atoms with Crippen LogP contribution in [-0.2, 0) is 68.6 Å². The van der Waals surface area contributed by atoms with E-state index in [0.29, 0.717) is 30.6 Å². The monoisotopic (exact) mass is 1150 g/mol. The Balaban J connectivity index is 1.97. The highest BCUT2D eigenvalue weighted by molar-refractivity contribution is 6.35. The maximum absolute atomic E-state index is 15.7. The summed E-state index contributed by atoms with van der Waals surface area (Å²) >= 11 is 0. The molecule has 82 heavy (non-hydrogen) atoms. The lowest BCUT2D eigenvalue weighted by Crippen LogP contribution is -2.64. The number of fused-ring (bicyclic) bond motifs is 1. The van der Waals surface area contributed by atoms with Gasteiger partial charge in [-0.2, -0.15) is 0 Å². The first-order valence-electron chi connectivity index (χ1n) is 29.2. The minimum absolute atomic E-state index is 0.0646. The third-order valence-electron chi connectivity index (χ3n) is 16.2. The molecule has 0 bridgehead atoms. The number of hydrogen-bond donors (Lipinski definition) is 3. The number of likely N-dealkylation sites (tertiary alicyclic amines) is 1. The molecule has 22 heteroatoms. The van der Waals surface area contributed by atoms with Gasteiger partial charge in [0.1, 0.15) is 48.1 Å². The molecule has 3 heterocycles. The summed E-state index contributed by atoms with van der Waals surface area (Å²) in [5.41, 5.74) is 0.571. The first-order valence-corrected chi connectivity index (χ1v) is 29.2. The van der Waals surface area contributed by atoms with Crippen molar-refractivity contribution >= 4 is 64.9 Å². The standard InChI is InChI=1S/C60H93N7O15/c1-17-36(10)49-47(69)31-48(70)82-52(34(6)7)51(71)37(11)53(72)61-42(28-32(2)3)56(75)66-27-19-21-44(66)58(77)64(15)46(30-40-22-24-41(80-16)25-23-40)60(79)81-39(13)50(54(73)62-49)67(35(8)9)59(78)45(29-33(4)5)63(14)57(76)43-20-18-26-65(43)55(74)38(12)68/h22-25,32-37,39,42-47,49-50,52,69H,17-21,26-31H2,1-16H3,(H,61,72)(H,62,73)/t36-,37-,39+,42-,43-,44-,45+,46-,47-,49-,50-,52-/m0/s1. The van der Waals surface area contributed by atoms with E-state index in [2.05, 4.69) is 10.6 Å². The van der Waals surface area contributed by atoms with E-state index in [1.807, 2.05) is 27.7 Å². The third-order valence-corrected chi connectivity index (χ3v) is 16.2. The largest absolute Gasteiger partial charge is 0.497 e. The highest BCUT2D eigenvalue weighted by Gasteiger charge is 2.48. The second-order valence-electron chi connectivity index (χ2n) is 24.1. The fourth-order valence-electron chi connectivity index (χ4n) is 11.2. The second kappa shape index (κ2) is 30.2. The molecule has 12 atom stereocenters. The van der Waals surface area contributed by atoms with E-state index in [0.717, 1.165) is 6.92 Å². The SMILES string of the molecule is CC[C@H](C)[C@@H]1NC(=O)[C@@H](N(C(=O)[C@@H](CC(C)C)N(C)C(=O)[C@@H]2CCCN2C(=O)C(C)=O)C(C)C)[C@@H](C)OC(=O)[C@H](Cc2ccc(OC)cc2)N(C)C(=O)[C@@H]2CCCN2C(=O)[C@H](CC(C)C)NC(=O)[C@@H](C)C(=O)[C@H](C(C)C)OC(=O)C[C@@H]1O. The Hall–Kier alpha value is -6.45. The number of aliphatic hydroxyl groups excluding tert-OH is 1. The number of benzene rings is 1. The van der Waals surface area contributed by atoms with Crippen LogP contribution in [0, 0.1) is 29.6 Å². The van der Waals surface area contributed by atoms with Crippen molar-refractivity contribution in [2.45, 2.75) is 214 Å². The van der Waals surface area contributed by atoms with E-state index < -0.39 is 156 Å². The fraction of sp³-hybridized carbons (Fsp3) is 0.717. The van der Waals surface area contributed by atoms with Crippen molar-refractivity contribution in [2.24, 2.45) is 29.6 Å². The van der Waals surface area contributed by atoms with Crippen molar-refractivity contribution in [3.63, 3.8) is 0 Å². The zero-order valence-electron chi connectivity index (χ0n) is 51.2. The molecule has 7 amide bonds. The summed E-state index contributed by atoms with van der Waals surface area (Å²) in [6.07, 6.45) is -3.76. The van der Waals surface area contributed by atoms with Gasteiger partial charge in [-0.05, 0) is 108 Å². The lowest BCUT2D eigenvalue weighted by molar-refractivity contribution is -0.168. The summed E-state index contributed by atoms with van der Waals surface area (Å²) in [4.78, 5) is 164. The molecule has 3 aliphatic rings. The predicted octanol–water partition coefficient (Wildman–Crippen LogP) is 3.65. The van der Waals surface area contributed by atoms with E-state index in [-0.39, 0.29) is 57.0 Å². The Bertz CT molecular complexity index is 2470. The molecule has 458 valence electrons. The number of methoxy groups -OCH3 is 1. The van der Waals surface area contributed by atoms with Gasteiger partial charge in [0.25, 0.3) is 5.91 Å². The molecule has 0 spiro atoms. The maximum atomic E-state index is 15.7. The van der Waals surface area contributed by atoms with Crippen LogP contribution in [0.2, 0.25) is 0 Å². The average molecular weight is 1150 g/mol. The molecular formula is C60H93N7O15. The molecule has 22 nitrogen and oxygen atoms in total. The van der Waals surface area contributed by atoms with Crippen LogP contribution in [0.25, 0.3) is 0 Å². The summed E-state index contributed by atoms with van der Waals surface area (Å²) in [5.74, 6) is -11.1. The predicted molar refractivity (Wildman–Crippen MR) is 303 cm³/mol. The molecule has 0 aromatic heterocycles. The number of nitrogens with one attached hydrogen (secondary N) is 2. The summed E-state index contributed by atoms with van der Waals surface area (Å²) in [6, 6.07) is -3.12. The van der Waals surface area contributed by atoms with E-state index in [1.165, 1.54) is 59.6 Å². The number of hydrogen-bond acceptors (Lipinski definition) is 15. The first-order chi connectivity index (χ1) is 38.4. The highest BCUT2D eigenvalue weighted by atomic mass is 16.6. The van der Waals surface area contributed by atoms with E-state index in [9.17, 15) is 38.7 Å². The van der Waals surface area contributed by atoms with Gasteiger partial charge in [0, 0.05) is 46.6 Å². The molecule has 3 saturated heterocycles.